The molecule has 2 aromatic carbocycles. The zero-order chi connectivity index (χ0) is 33.4. The molecule has 250 valence electrons. The van der Waals surface area contributed by atoms with Gasteiger partial charge in [0.1, 0.15) is 6.61 Å². The molecule has 0 saturated carbocycles. The number of azide groups is 1. The summed E-state index contributed by atoms with van der Waals surface area (Å²) in [5.41, 5.74) is 12.4. The molecule has 2 aromatic rings. The number of hydrogen-bond acceptors (Lipinski definition) is 9. The molecule has 0 heterocycles. The SMILES string of the molecule is CCOCCOCCOC(=O)NCCN(Cc1ccc(N=[N+]=[N-])cc1)C(=O)c1ccc(NC(=O)CCCCCCC(=O)NO)cc1. The maximum absolute atomic E-state index is 13.5. The number of nitrogens with one attached hydrogen (secondary N) is 3. The average Bonchev–Trinajstić information content (AvgIpc) is 3.06. The van der Waals surface area contributed by atoms with E-state index in [0.29, 0.717) is 56.0 Å². The van der Waals surface area contributed by atoms with Gasteiger partial charge in [-0.15, -0.1) is 0 Å². The minimum Gasteiger partial charge on any atom is -0.447 e. The van der Waals surface area contributed by atoms with E-state index in [2.05, 4.69) is 20.7 Å². The van der Waals surface area contributed by atoms with Gasteiger partial charge in [0.05, 0.1) is 19.8 Å². The maximum atomic E-state index is 13.5. The predicted molar refractivity (Wildman–Crippen MR) is 169 cm³/mol. The molecule has 0 aliphatic carbocycles. The van der Waals surface area contributed by atoms with Crippen molar-refractivity contribution in [1.29, 1.82) is 0 Å². The van der Waals surface area contributed by atoms with E-state index in [1.54, 1.807) is 58.9 Å². The second-order valence-corrected chi connectivity index (χ2v) is 10.0. The minimum atomic E-state index is -0.631. The Labute approximate surface area is 268 Å². The number of rotatable bonds is 22. The summed E-state index contributed by atoms with van der Waals surface area (Å²) in [5, 5.41) is 17.5. The Balaban J connectivity index is 1.90. The Morgan fingerprint density at radius 2 is 1.52 bits per heavy atom. The number of benzene rings is 2. The van der Waals surface area contributed by atoms with Gasteiger partial charge in [-0.1, -0.05) is 42.2 Å². The first kappa shape index (κ1) is 37.5. The van der Waals surface area contributed by atoms with Crippen LogP contribution in [-0.4, -0.2) is 80.0 Å². The normalized spacial score (nSPS) is 10.4. The standard InChI is InChI=1S/C31H43N7O8/c1-2-44-19-20-45-21-22-46-31(42)33-17-18-38(23-24-9-13-27(14-10-24)35-37-32)30(41)25-11-15-26(16-12-25)34-28(39)7-5-3-4-6-8-29(40)36-43/h9-16,43H,2-8,17-23H2,1H3,(H,33,42)(H,34,39)(H,36,40). The number of carbonyl (C=O) groups excluding carboxylic acids is 4. The van der Waals surface area contributed by atoms with E-state index < -0.39 is 12.0 Å². The van der Waals surface area contributed by atoms with Crippen LogP contribution in [0.2, 0.25) is 0 Å². The zero-order valence-corrected chi connectivity index (χ0v) is 26.1. The molecule has 0 unspecified atom stereocenters. The van der Waals surface area contributed by atoms with Crippen LogP contribution in [0.1, 0.15) is 61.4 Å². The number of alkyl carbamates (subject to hydrolysis) is 1. The van der Waals surface area contributed by atoms with Crippen molar-refractivity contribution in [2.45, 2.75) is 52.0 Å². The molecular formula is C31H43N7O8. The van der Waals surface area contributed by atoms with E-state index in [1.165, 1.54) is 0 Å². The number of carbonyl (C=O) groups is 4. The van der Waals surface area contributed by atoms with Crippen molar-refractivity contribution in [3.63, 3.8) is 0 Å². The van der Waals surface area contributed by atoms with Crippen LogP contribution >= 0.6 is 0 Å². The molecule has 0 bridgehead atoms. The summed E-state index contributed by atoms with van der Waals surface area (Å²) in [6.07, 6.45) is 2.76. The Bertz CT molecular complexity index is 1270. The summed E-state index contributed by atoms with van der Waals surface area (Å²) in [7, 11) is 0. The molecule has 4 amide bonds. The van der Waals surface area contributed by atoms with Crippen LogP contribution < -0.4 is 16.1 Å². The van der Waals surface area contributed by atoms with Gasteiger partial charge in [-0.3, -0.25) is 19.6 Å². The number of amides is 4. The lowest BCUT2D eigenvalue weighted by Crippen LogP contribution is -2.38. The van der Waals surface area contributed by atoms with E-state index in [9.17, 15) is 19.2 Å². The van der Waals surface area contributed by atoms with Crippen LogP contribution in [0.5, 0.6) is 0 Å². The van der Waals surface area contributed by atoms with Crippen LogP contribution in [0.25, 0.3) is 10.4 Å². The van der Waals surface area contributed by atoms with Gasteiger partial charge >= 0.3 is 6.09 Å². The van der Waals surface area contributed by atoms with Gasteiger partial charge in [-0.2, -0.15) is 0 Å². The van der Waals surface area contributed by atoms with Crippen LogP contribution in [-0.2, 0) is 30.3 Å². The van der Waals surface area contributed by atoms with E-state index in [1.807, 2.05) is 6.92 Å². The van der Waals surface area contributed by atoms with E-state index in [4.69, 9.17) is 24.9 Å². The summed E-state index contributed by atoms with van der Waals surface area (Å²) < 4.78 is 15.6. The highest BCUT2D eigenvalue weighted by Crippen LogP contribution is 2.17. The topological polar surface area (TPSA) is 204 Å². The molecule has 4 N–H and O–H groups in total. The van der Waals surface area contributed by atoms with Gasteiger partial charge in [0.2, 0.25) is 11.8 Å². The Hall–Kier alpha value is -4.69. The largest absolute Gasteiger partial charge is 0.447 e. The third-order valence-corrected chi connectivity index (χ3v) is 6.54. The lowest BCUT2D eigenvalue weighted by molar-refractivity contribution is -0.129. The van der Waals surface area contributed by atoms with Crippen molar-refractivity contribution >= 4 is 35.2 Å². The summed E-state index contributed by atoms with van der Waals surface area (Å²) in [6, 6.07) is 13.3. The minimum absolute atomic E-state index is 0.0759. The molecule has 15 heteroatoms. The fourth-order valence-electron chi connectivity index (χ4n) is 4.18. The lowest BCUT2D eigenvalue weighted by Gasteiger charge is -2.23. The number of hydroxylamine groups is 1. The van der Waals surface area contributed by atoms with Crippen molar-refractivity contribution in [2.75, 3.05) is 51.4 Å². The highest BCUT2D eigenvalue weighted by Gasteiger charge is 2.17. The van der Waals surface area contributed by atoms with Crippen molar-refractivity contribution in [1.82, 2.24) is 15.7 Å². The summed E-state index contributed by atoms with van der Waals surface area (Å²) in [4.78, 5) is 53.3. The van der Waals surface area contributed by atoms with Crippen molar-refractivity contribution in [3.05, 3.63) is 70.1 Å². The van der Waals surface area contributed by atoms with Crippen molar-refractivity contribution < 1.29 is 38.6 Å². The number of anilines is 1. The average molecular weight is 642 g/mol. The third kappa shape index (κ3) is 15.9. The molecule has 0 spiro atoms. The summed E-state index contributed by atoms with van der Waals surface area (Å²) >= 11 is 0. The Morgan fingerprint density at radius 1 is 0.870 bits per heavy atom. The van der Waals surface area contributed by atoms with Crippen LogP contribution in [0.3, 0.4) is 0 Å². The van der Waals surface area contributed by atoms with E-state index in [-0.39, 0.29) is 51.1 Å². The second-order valence-electron chi connectivity index (χ2n) is 10.0. The number of hydrogen-bond donors (Lipinski definition) is 4. The van der Waals surface area contributed by atoms with E-state index >= 15 is 0 Å². The molecule has 15 nitrogen and oxygen atoms in total. The molecule has 0 atom stereocenters. The summed E-state index contributed by atoms with van der Waals surface area (Å²) in [6.45, 7) is 4.22. The molecular weight excluding hydrogens is 598 g/mol. The monoisotopic (exact) mass is 641 g/mol. The lowest BCUT2D eigenvalue weighted by atomic mass is 10.1. The first-order valence-corrected chi connectivity index (χ1v) is 15.2. The quantitative estimate of drug-likeness (QED) is 0.0349. The zero-order valence-electron chi connectivity index (χ0n) is 26.1. The first-order valence-electron chi connectivity index (χ1n) is 15.2. The van der Waals surface area contributed by atoms with Gasteiger partial charge in [0, 0.05) is 60.9 Å². The number of unbranched alkanes of at least 4 members (excludes halogenated alkanes) is 3. The van der Waals surface area contributed by atoms with E-state index in [0.717, 1.165) is 18.4 Å². The van der Waals surface area contributed by atoms with Crippen LogP contribution in [0, 0.1) is 0 Å². The predicted octanol–water partition coefficient (Wildman–Crippen LogP) is 4.83. The van der Waals surface area contributed by atoms with Gasteiger partial charge in [0.25, 0.3) is 5.91 Å². The Morgan fingerprint density at radius 3 is 2.17 bits per heavy atom. The van der Waals surface area contributed by atoms with Gasteiger partial charge in [0.15, 0.2) is 0 Å². The maximum Gasteiger partial charge on any atom is 0.407 e. The smallest absolute Gasteiger partial charge is 0.407 e. The van der Waals surface area contributed by atoms with Gasteiger partial charge in [-0.25, -0.2) is 10.3 Å². The molecule has 0 aromatic heterocycles. The fraction of sp³-hybridized carbons (Fsp3) is 0.484. The fourth-order valence-corrected chi connectivity index (χ4v) is 4.18. The molecule has 0 aliphatic heterocycles. The molecule has 0 saturated heterocycles. The highest BCUT2D eigenvalue weighted by atomic mass is 16.6. The highest BCUT2D eigenvalue weighted by molar-refractivity contribution is 5.96. The van der Waals surface area contributed by atoms with Crippen LogP contribution in [0.15, 0.2) is 53.6 Å². The Kier molecular flexibility index (Phi) is 18.6. The molecule has 0 fully saturated rings. The summed E-state index contributed by atoms with van der Waals surface area (Å²) in [5.74, 6) is -0.871. The molecule has 46 heavy (non-hydrogen) atoms. The number of nitrogens with zero attached hydrogens (tertiary/aromatic N) is 4. The van der Waals surface area contributed by atoms with Crippen molar-refractivity contribution in [3.8, 4) is 0 Å². The first-order chi connectivity index (χ1) is 22.4. The molecule has 0 radical (unpaired) electrons. The molecule has 2 rings (SSSR count). The van der Waals surface area contributed by atoms with Crippen molar-refractivity contribution in [2.24, 2.45) is 5.11 Å². The second kappa shape index (κ2) is 22.8. The van der Waals surface area contributed by atoms with Crippen LogP contribution in [0.4, 0.5) is 16.2 Å². The third-order valence-electron chi connectivity index (χ3n) is 6.54. The van der Waals surface area contributed by atoms with Gasteiger partial charge in [-0.05, 0) is 55.1 Å². The number of ether oxygens (including phenoxy) is 3. The molecule has 0 aliphatic rings. The van der Waals surface area contributed by atoms with Gasteiger partial charge < -0.3 is 29.7 Å².